The summed E-state index contributed by atoms with van der Waals surface area (Å²) in [7, 11) is 0. The Morgan fingerprint density at radius 3 is 2.73 bits per heavy atom. The third-order valence-corrected chi connectivity index (χ3v) is 2.10. The van der Waals surface area contributed by atoms with Gasteiger partial charge in [-0.3, -0.25) is 4.98 Å². The van der Waals surface area contributed by atoms with Crippen LogP contribution in [0.15, 0.2) is 6.07 Å². The molecule has 0 fully saturated rings. The molecule has 0 aliphatic heterocycles. The maximum Gasteiger partial charge on any atom is 0.265 e. The largest absolute Gasteiger partial charge is 0.397 e. The topological polar surface area (TPSA) is 62.7 Å². The number of nitrogens with zero attached hydrogens (tertiary/aromatic N) is 2. The summed E-state index contributed by atoms with van der Waals surface area (Å²) in [6.07, 6.45) is -2.73. The predicted molar refractivity (Wildman–Crippen MR) is 52.5 cm³/mol. The van der Waals surface area contributed by atoms with Crippen LogP contribution in [0.5, 0.6) is 0 Å². The normalized spacial score (nSPS) is 10.3. The molecule has 2 N–H and O–H groups in total. The standard InChI is InChI=1S/C9H8ClF2N3/c10-4-7-8(14)6(9(11)12)3-5(15-7)1-2-13/h3,9H,1,4,14H2. The zero-order valence-electron chi connectivity index (χ0n) is 7.67. The lowest BCUT2D eigenvalue weighted by molar-refractivity contribution is 0.152. The van der Waals surface area contributed by atoms with Gasteiger partial charge in [0.05, 0.1) is 35.4 Å². The summed E-state index contributed by atoms with van der Waals surface area (Å²) in [6.45, 7) is 0. The van der Waals surface area contributed by atoms with Gasteiger partial charge in [0.1, 0.15) is 0 Å². The Morgan fingerprint density at radius 2 is 2.27 bits per heavy atom. The lowest BCUT2D eigenvalue weighted by atomic mass is 10.1. The summed E-state index contributed by atoms with van der Waals surface area (Å²) in [5, 5.41) is 8.44. The Morgan fingerprint density at radius 1 is 1.60 bits per heavy atom. The minimum Gasteiger partial charge on any atom is -0.397 e. The van der Waals surface area contributed by atoms with E-state index >= 15 is 0 Å². The number of hydrogen-bond donors (Lipinski definition) is 1. The predicted octanol–water partition coefficient (Wildman–Crippen LogP) is 2.41. The Labute approximate surface area is 90.5 Å². The number of aromatic nitrogens is 1. The van der Waals surface area contributed by atoms with Crippen molar-refractivity contribution < 1.29 is 8.78 Å². The minimum absolute atomic E-state index is 0.0378. The number of nitrogen functional groups attached to an aromatic ring is 1. The van der Waals surface area contributed by atoms with E-state index in [0.717, 1.165) is 6.07 Å². The summed E-state index contributed by atoms with van der Waals surface area (Å²) >= 11 is 5.51. The average molecular weight is 232 g/mol. The number of nitrogens with two attached hydrogens (primary N) is 1. The molecular weight excluding hydrogens is 224 g/mol. The van der Waals surface area contributed by atoms with Crippen LogP contribution in [0.25, 0.3) is 0 Å². The first-order valence-electron chi connectivity index (χ1n) is 4.09. The van der Waals surface area contributed by atoms with Crippen LogP contribution < -0.4 is 5.73 Å². The van der Waals surface area contributed by atoms with Crippen molar-refractivity contribution in [3.05, 3.63) is 23.0 Å². The maximum atomic E-state index is 12.5. The number of rotatable bonds is 3. The fourth-order valence-electron chi connectivity index (χ4n) is 1.14. The first-order valence-corrected chi connectivity index (χ1v) is 4.62. The van der Waals surface area contributed by atoms with E-state index in [1.165, 1.54) is 0 Å². The highest BCUT2D eigenvalue weighted by Crippen LogP contribution is 2.28. The molecule has 0 spiro atoms. The van der Waals surface area contributed by atoms with Gasteiger partial charge >= 0.3 is 0 Å². The van der Waals surface area contributed by atoms with Gasteiger partial charge in [0.25, 0.3) is 6.43 Å². The smallest absolute Gasteiger partial charge is 0.265 e. The highest BCUT2D eigenvalue weighted by atomic mass is 35.5. The molecule has 0 aromatic carbocycles. The number of hydrogen-bond acceptors (Lipinski definition) is 3. The molecule has 0 radical (unpaired) electrons. The second-order valence-corrected chi connectivity index (χ2v) is 3.10. The summed E-state index contributed by atoms with van der Waals surface area (Å²) in [4.78, 5) is 3.91. The van der Waals surface area contributed by atoms with Crippen LogP contribution in [0.2, 0.25) is 0 Å². The van der Waals surface area contributed by atoms with Gasteiger partial charge in [0, 0.05) is 5.56 Å². The minimum atomic E-state index is -2.69. The molecule has 1 aromatic heterocycles. The highest BCUT2D eigenvalue weighted by molar-refractivity contribution is 6.17. The van der Waals surface area contributed by atoms with E-state index in [-0.39, 0.29) is 34.9 Å². The number of pyridine rings is 1. The van der Waals surface area contributed by atoms with Crippen molar-refractivity contribution in [1.82, 2.24) is 4.98 Å². The van der Waals surface area contributed by atoms with Gasteiger partial charge < -0.3 is 5.73 Å². The Kier molecular flexibility index (Phi) is 3.81. The average Bonchev–Trinajstić information content (AvgIpc) is 2.20. The van der Waals surface area contributed by atoms with E-state index in [9.17, 15) is 8.78 Å². The molecule has 6 heteroatoms. The quantitative estimate of drug-likeness (QED) is 0.813. The molecule has 3 nitrogen and oxygen atoms in total. The molecule has 0 amide bonds. The molecule has 0 aliphatic rings. The lowest BCUT2D eigenvalue weighted by Gasteiger charge is -2.09. The third-order valence-electron chi connectivity index (χ3n) is 1.84. The number of nitriles is 1. The van der Waals surface area contributed by atoms with Gasteiger partial charge in [-0.1, -0.05) is 0 Å². The summed E-state index contributed by atoms with van der Waals surface area (Å²) < 4.78 is 25.1. The van der Waals surface area contributed by atoms with Crippen molar-refractivity contribution in [3.63, 3.8) is 0 Å². The summed E-state index contributed by atoms with van der Waals surface area (Å²) in [5.74, 6) is -0.0508. The van der Waals surface area contributed by atoms with Crippen molar-refractivity contribution in [2.45, 2.75) is 18.7 Å². The van der Waals surface area contributed by atoms with Gasteiger partial charge in [-0.05, 0) is 6.07 Å². The Bertz CT molecular complexity index is 401. The van der Waals surface area contributed by atoms with Crippen LogP contribution in [-0.2, 0) is 12.3 Å². The molecular formula is C9H8ClF2N3. The molecule has 15 heavy (non-hydrogen) atoms. The molecule has 1 heterocycles. The Balaban J connectivity index is 3.26. The zero-order chi connectivity index (χ0) is 11.4. The van der Waals surface area contributed by atoms with Gasteiger partial charge in [-0.2, -0.15) is 5.26 Å². The van der Waals surface area contributed by atoms with Crippen molar-refractivity contribution in [2.24, 2.45) is 0 Å². The van der Waals surface area contributed by atoms with E-state index in [2.05, 4.69) is 4.98 Å². The van der Waals surface area contributed by atoms with Crippen molar-refractivity contribution in [3.8, 4) is 6.07 Å². The van der Waals surface area contributed by atoms with Crippen molar-refractivity contribution >= 4 is 17.3 Å². The van der Waals surface area contributed by atoms with E-state index < -0.39 is 6.43 Å². The summed E-state index contributed by atoms with van der Waals surface area (Å²) in [5.41, 5.74) is 5.50. The molecule has 0 saturated carbocycles. The molecule has 80 valence electrons. The van der Waals surface area contributed by atoms with E-state index in [1.807, 2.05) is 6.07 Å². The van der Waals surface area contributed by atoms with Gasteiger partial charge in [0.15, 0.2) is 0 Å². The summed E-state index contributed by atoms with van der Waals surface area (Å²) in [6, 6.07) is 2.97. The van der Waals surface area contributed by atoms with Gasteiger partial charge in [-0.15, -0.1) is 11.6 Å². The Hall–Kier alpha value is -1.41. The van der Waals surface area contributed by atoms with Crippen LogP contribution in [0.4, 0.5) is 14.5 Å². The molecule has 1 rings (SSSR count). The molecule has 0 saturated heterocycles. The molecule has 0 atom stereocenters. The fourth-order valence-corrected chi connectivity index (χ4v) is 1.35. The van der Waals surface area contributed by atoms with Crippen LogP contribution in [0, 0.1) is 11.3 Å². The number of alkyl halides is 3. The van der Waals surface area contributed by atoms with E-state index in [0.29, 0.717) is 0 Å². The first-order chi connectivity index (χ1) is 7.10. The fraction of sp³-hybridized carbons (Fsp3) is 0.333. The van der Waals surface area contributed by atoms with E-state index in [1.54, 1.807) is 0 Å². The zero-order valence-corrected chi connectivity index (χ0v) is 8.43. The highest BCUT2D eigenvalue weighted by Gasteiger charge is 2.16. The van der Waals surface area contributed by atoms with Gasteiger partial charge in [0.2, 0.25) is 0 Å². The van der Waals surface area contributed by atoms with Crippen molar-refractivity contribution in [2.75, 3.05) is 5.73 Å². The van der Waals surface area contributed by atoms with Crippen molar-refractivity contribution in [1.29, 1.82) is 5.26 Å². The number of anilines is 1. The molecule has 1 aromatic rings. The van der Waals surface area contributed by atoms with E-state index in [4.69, 9.17) is 22.6 Å². The maximum absolute atomic E-state index is 12.5. The monoisotopic (exact) mass is 231 g/mol. The lowest BCUT2D eigenvalue weighted by Crippen LogP contribution is -2.05. The van der Waals surface area contributed by atoms with Crippen LogP contribution in [-0.4, -0.2) is 4.98 Å². The number of halogens is 3. The SMILES string of the molecule is N#CCc1cc(C(F)F)c(N)c(CCl)n1. The van der Waals surface area contributed by atoms with Crippen LogP contribution >= 0.6 is 11.6 Å². The molecule has 0 bridgehead atoms. The second-order valence-electron chi connectivity index (χ2n) is 2.83. The molecule has 0 aliphatic carbocycles. The van der Waals surface area contributed by atoms with Crippen LogP contribution in [0.3, 0.4) is 0 Å². The van der Waals surface area contributed by atoms with Crippen LogP contribution in [0.1, 0.15) is 23.4 Å². The van der Waals surface area contributed by atoms with Gasteiger partial charge in [-0.25, -0.2) is 8.78 Å². The molecule has 0 unspecified atom stereocenters. The second kappa shape index (κ2) is 4.89. The third kappa shape index (κ3) is 2.54. The first kappa shape index (κ1) is 11.7.